The van der Waals surface area contributed by atoms with Crippen molar-refractivity contribution >= 4 is 185 Å². The molecule has 268 valence electrons. The van der Waals surface area contributed by atoms with Gasteiger partial charge in [-0.1, -0.05) is 0 Å². The Labute approximate surface area is 370 Å². The van der Waals surface area contributed by atoms with E-state index in [1.54, 1.807) is 0 Å². The van der Waals surface area contributed by atoms with Crippen molar-refractivity contribution in [2.45, 2.75) is 61.9 Å². The average molecular weight is 819 g/mol. The molecule has 0 aromatic carbocycles. The molecule has 4 N–H and O–H groups in total. The van der Waals surface area contributed by atoms with Crippen molar-refractivity contribution < 1.29 is 128 Å². The van der Waals surface area contributed by atoms with E-state index in [2.05, 4.69) is 18.9 Å². The number of hydrogen-bond acceptors (Lipinski definition) is 22. The summed E-state index contributed by atoms with van der Waals surface area (Å²) in [5.74, 6) is -20.9. The van der Waals surface area contributed by atoms with Gasteiger partial charge in [0.25, 0.3) is 0 Å². The Morgan fingerprint density at radius 1 is 0.451 bits per heavy atom. The van der Waals surface area contributed by atoms with Crippen LogP contribution >= 0.6 is 0 Å². The summed E-state index contributed by atoms with van der Waals surface area (Å²) in [5.41, 5.74) is -6.62. The average Bonchev–Trinajstić information content (AvgIpc) is 2.85. The van der Waals surface area contributed by atoms with Gasteiger partial charge in [0.1, 0.15) is 0 Å². The van der Waals surface area contributed by atoms with E-state index in [0.717, 1.165) is 0 Å². The Morgan fingerprint density at radius 3 is 0.804 bits per heavy atom. The van der Waals surface area contributed by atoms with Crippen molar-refractivity contribution in [3.63, 3.8) is 0 Å². The summed E-state index contributed by atoms with van der Waals surface area (Å²) in [6.45, 7) is 0. The maximum absolute atomic E-state index is 11.7. The molecule has 0 saturated heterocycles. The molecule has 0 aliphatic rings. The Morgan fingerprint density at radius 2 is 0.667 bits per heavy atom. The molecular weight excluding hydrogens is 800 g/mol. The molecule has 0 rings (SSSR count). The number of carbonyl (C=O) groups excluding carboxylic acids is 8. The third-order valence-corrected chi connectivity index (χ3v) is 4.79. The number of hydrogen-bond donors (Lipinski definition) is 4. The SMILES string of the molecule is O=C([O-])CC(CC(=O)[O-])(OC(=O)C(CC(=O)O)OC(=O)O)C(=O)[O-].O=C([O-])CC(CC(=O)[O-])(OC(=O)C(CC(=O)O)OC(=O)O)C(=O)[O-].[Ca+2].[Ca+2].[Ca+2]. The van der Waals surface area contributed by atoms with Crippen LogP contribution in [0.2, 0.25) is 0 Å². The molecule has 0 aromatic heterocycles. The van der Waals surface area contributed by atoms with Gasteiger partial charge in [-0.3, -0.25) is 9.59 Å². The maximum atomic E-state index is 11.7. The molecule has 0 spiro atoms. The summed E-state index contributed by atoms with van der Waals surface area (Å²) in [7, 11) is 0. The quantitative estimate of drug-likeness (QED) is 0.0503. The van der Waals surface area contributed by atoms with Crippen LogP contribution in [-0.2, 0) is 66.9 Å². The van der Waals surface area contributed by atoms with Gasteiger partial charge in [-0.2, -0.15) is 0 Å². The molecule has 0 saturated carbocycles. The molecule has 0 aliphatic carbocycles. The van der Waals surface area contributed by atoms with E-state index in [1.165, 1.54) is 0 Å². The Balaban J connectivity index is -0.000000261. The van der Waals surface area contributed by atoms with Crippen LogP contribution in [0.1, 0.15) is 38.5 Å². The summed E-state index contributed by atoms with van der Waals surface area (Å²) < 4.78 is 16.1. The topological polar surface area (TPSA) is 461 Å². The van der Waals surface area contributed by atoms with Gasteiger partial charge >= 0.3 is 149 Å². The van der Waals surface area contributed by atoms with Crippen molar-refractivity contribution in [1.29, 1.82) is 0 Å². The largest absolute Gasteiger partial charge is 2.00 e. The first kappa shape index (κ1) is 57.4. The maximum Gasteiger partial charge on any atom is 2.00 e. The number of carbonyl (C=O) groups is 12. The van der Waals surface area contributed by atoms with Crippen LogP contribution in [0.5, 0.6) is 0 Å². The van der Waals surface area contributed by atoms with Gasteiger partial charge in [0.2, 0.25) is 12.2 Å². The zero-order valence-electron chi connectivity index (χ0n) is 25.3. The molecule has 0 bridgehead atoms. The van der Waals surface area contributed by atoms with Crippen molar-refractivity contribution in [2.24, 2.45) is 0 Å². The fraction of sp³-hybridized carbons (Fsp3) is 0.455. The van der Waals surface area contributed by atoms with Gasteiger partial charge in [0.15, 0.2) is 11.2 Å². The van der Waals surface area contributed by atoms with Gasteiger partial charge in [-0.05, 0) is 0 Å². The molecule has 2 atom stereocenters. The number of carboxylic acids is 8. The fourth-order valence-electron chi connectivity index (χ4n) is 3.00. The van der Waals surface area contributed by atoms with Gasteiger partial charge in [0, 0.05) is 49.6 Å². The predicted molar refractivity (Wildman–Crippen MR) is 134 cm³/mol. The summed E-state index contributed by atoms with van der Waals surface area (Å²) in [6, 6.07) is 0. The molecule has 51 heavy (non-hydrogen) atoms. The van der Waals surface area contributed by atoms with E-state index in [9.17, 15) is 88.2 Å². The fourth-order valence-corrected chi connectivity index (χ4v) is 3.00. The minimum Gasteiger partial charge on any atom is -0.550 e. The van der Waals surface area contributed by atoms with E-state index in [-0.39, 0.29) is 113 Å². The molecular formula is C22H18Ca3O26. The number of aliphatic carboxylic acids is 8. The summed E-state index contributed by atoms with van der Waals surface area (Å²) in [5, 5.41) is 98.2. The Bertz CT molecular complexity index is 1180. The van der Waals surface area contributed by atoms with Crippen LogP contribution in [-0.4, -0.2) is 229 Å². The van der Waals surface area contributed by atoms with Crippen molar-refractivity contribution in [1.82, 2.24) is 0 Å². The zero-order valence-corrected chi connectivity index (χ0v) is 31.9. The summed E-state index contributed by atoms with van der Waals surface area (Å²) >= 11 is 0. The van der Waals surface area contributed by atoms with E-state index in [4.69, 9.17) is 20.4 Å². The van der Waals surface area contributed by atoms with Crippen molar-refractivity contribution in [3.8, 4) is 0 Å². The van der Waals surface area contributed by atoms with E-state index < -0.39 is 134 Å². The second-order valence-electron chi connectivity index (χ2n) is 8.54. The van der Waals surface area contributed by atoms with Crippen LogP contribution in [0, 0.1) is 0 Å². The van der Waals surface area contributed by atoms with E-state index in [0.29, 0.717) is 0 Å². The van der Waals surface area contributed by atoms with Crippen LogP contribution in [0.3, 0.4) is 0 Å². The molecule has 0 fully saturated rings. The number of rotatable bonds is 20. The first-order valence-electron chi connectivity index (χ1n) is 11.7. The predicted octanol–water partition coefficient (Wildman–Crippen LogP) is -11.5. The standard InChI is InChI=1S/2C11H12O13.3Ca/c2*12-5(13)1-4(23-10(21)22)8(18)24-11(9(19)20,2-6(14)15)3-7(16)17;;;/h2*4H,1-3H2,(H,12,13)(H,14,15)(H,16,17)(H,19,20)(H,21,22);;;/q;;3*+2/p-6. The van der Waals surface area contributed by atoms with Crippen LogP contribution < -0.4 is 30.6 Å². The van der Waals surface area contributed by atoms with Gasteiger partial charge < -0.3 is 98.8 Å². The van der Waals surface area contributed by atoms with Gasteiger partial charge in [-0.15, -0.1) is 0 Å². The molecule has 26 nitrogen and oxygen atoms in total. The molecule has 0 aliphatic heterocycles. The second kappa shape index (κ2) is 26.7. The van der Waals surface area contributed by atoms with Crippen molar-refractivity contribution in [2.75, 3.05) is 0 Å². The van der Waals surface area contributed by atoms with Gasteiger partial charge in [-0.25, -0.2) is 19.2 Å². The molecule has 0 heterocycles. The first-order chi connectivity index (χ1) is 21.8. The third kappa shape index (κ3) is 24.0. The van der Waals surface area contributed by atoms with Crippen LogP contribution in [0.4, 0.5) is 9.59 Å². The molecule has 0 aromatic rings. The first-order valence-corrected chi connectivity index (χ1v) is 11.7. The normalized spacial score (nSPS) is 11.1. The Hall–Kier alpha value is -2.98. The van der Waals surface area contributed by atoms with E-state index >= 15 is 0 Å². The van der Waals surface area contributed by atoms with Gasteiger partial charge in [0.05, 0.1) is 24.8 Å². The summed E-state index contributed by atoms with van der Waals surface area (Å²) in [4.78, 5) is 130. The zero-order chi connectivity index (χ0) is 38.2. The second-order valence-corrected chi connectivity index (χ2v) is 8.54. The molecule has 0 amide bonds. The van der Waals surface area contributed by atoms with Crippen LogP contribution in [0.25, 0.3) is 0 Å². The third-order valence-electron chi connectivity index (χ3n) is 4.79. The molecule has 2 unspecified atom stereocenters. The van der Waals surface area contributed by atoms with E-state index in [1.807, 2.05) is 0 Å². The molecule has 0 radical (unpaired) electrons. The monoisotopic (exact) mass is 818 g/mol. The Kier molecular flexibility index (Phi) is 30.1. The number of ether oxygens (including phenoxy) is 4. The van der Waals surface area contributed by atoms with Crippen LogP contribution in [0.15, 0.2) is 0 Å². The minimum absolute atomic E-state index is 0. The minimum atomic E-state index is -3.31. The summed E-state index contributed by atoms with van der Waals surface area (Å²) in [6.07, 6.45) is -18.3. The molecule has 29 heteroatoms. The number of carboxylic acid groups (broad SMARTS) is 10. The van der Waals surface area contributed by atoms with Crippen molar-refractivity contribution in [3.05, 3.63) is 0 Å². The number of esters is 2. The smallest absolute Gasteiger partial charge is 0.550 e.